The summed E-state index contributed by atoms with van der Waals surface area (Å²) in [7, 11) is -6.07. The highest BCUT2D eigenvalue weighted by Gasteiger charge is 2.11. The second-order valence-electron chi connectivity index (χ2n) is 5.25. The maximum Gasteiger partial charge on any atom is 0.305 e. The molecule has 0 aliphatic rings. The summed E-state index contributed by atoms with van der Waals surface area (Å²) in [5.41, 5.74) is 0.431. The Morgan fingerprint density at radius 1 is 1.00 bits per heavy atom. The van der Waals surface area contributed by atoms with Gasteiger partial charge in [-0.1, -0.05) is 0 Å². The minimum atomic E-state index is -3.68. The second kappa shape index (κ2) is 9.80. The monoisotopic (exact) mass is 411 g/mol. The number of methoxy groups -OCH3 is 1. The number of carbonyl (C=O) groups is 1. The molecule has 0 radical (unpaired) electrons. The van der Waals surface area contributed by atoms with Crippen molar-refractivity contribution in [2.24, 2.45) is 0 Å². The van der Waals surface area contributed by atoms with Crippen LogP contribution in [0.25, 0.3) is 0 Å². The quantitative estimate of drug-likeness (QED) is 0.285. The van der Waals surface area contributed by atoms with Gasteiger partial charge in [-0.25, -0.2) is 0 Å². The highest BCUT2D eigenvalue weighted by Crippen LogP contribution is 2.17. The maximum atomic E-state index is 11.1. The van der Waals surface area contributed by atoms with E-state index in [0.717, 1.165) is 12.5 Å². The summed E-state index contributed by atoms with van der Waals surface area (Å²) in [4.78, 5) is 15.1. The van der Waals surface area contributed by atoms with Gasteiger partial charge in [-0.3, -0.25) is 18.1 Å². The molecule has 1 rings (SSSR count). The fourth-order valence-electron chi connectivity index (χ4n) is 1.69. The summed E-state index contributed by atoms with van der Waals surface area (Å²) in [6.07, 6.45) is 2.37. The van der Waals surface area contributed by atoms with Crippen molar-refractivity contribution < 1.29 is 39.5 Å². The van der Waals surface area contributed by atoms with E-state index in [0.29, 0.717) is 12.2 Å². The lowest BCUT2D eigenvalue weighted by molar-refractivity contribution is -0.140. The molecule has 0 aromatic carbocycles. The first-order chi connectivity index (χ1) is 12.0. The number of aromatic nitrogens is 1. The molecular formula is C14H21NO9S2. The van der Waals surface area contributed by atoms with Crippen molar-refractivity contribution in [3.05, 3.63) is 23.5 Å². The smallest absolute Gasteiger partial charge is 0.305 e. The number of hydrogen-bond donors (Lipinski definition) is 0. The first-order valence-corrected chi connectivity index (χ1v) is 11.0. The number of hydrogen-bond acceptors (Lipinski definition) is 10. The lowest BCUT2D eigenvalue weighted by Gasteiger charge is -2.10. The average Bonchev–Trinajstić information content (AvgIpc) is 2.53. The minimum Gasteiger partial charge on any atom is -0.493 e. The van der Waals surface area contributed by atoms with E-state index in [4.69, 9.17) is 4.74 Å². The van der Waals surface area contributed by atoms with Gasteiger partial charge in [0.1, 0.15) is 19.0 Å². The van der Waals surface area contributed by atoms with Gasteiger partial charge in [0.15, 0.2) is 0 Å². The van der Waals surface area contributed by atoms with Crippen LogP contribution in [0.15, 0.2) is 12.1 Å². The molecule has 12 heteroatoms. The van der Waals surface area contributed by atoms with Gasteiger partial charge in [0.05, 0.1) is 37.6 Å². The Bertz CT molecular complexity index is 765. The first-order valence-electron chi connectivity index (χ1n) is 7.37. The average molecular weight is 411 g/mol. The Hall–Kier alpha value is -1.76. The van der Waals surface area contributed by atoms with Crippen LogP contribution in [-0.4, -0.2) is 54.0 Å². The molecule has 1 heterocycles. The number of nitrogens with zero attached hydrogens (tertiary/aromatic N) is 1. The molecule has 0 saturated carbocycles. The summed E-state index contributed by atoms with van der Waals surface area (Å²) in [5.74, 6) is -0.0584. The number of esters is 1. The fourth-order valence-corrected chi connectivity index (χ4v) is 2.36. The minimum absolute atomic E-state index is 0.176. The zero-order valence-electron chi connectivity index (χ0n) is 14.6. The molecule has 0 unspecified atom stereocenters. The molecule has 0 N–H and O–H groups in total. The summed E-state index contributed by atoms with van der Waals surface area (Å²) < 4.78 is 63.8. The first kappa shape index (κ1) is 22.3. The van der Waals surface area contributed by atoms with E-state index in [1.165, 1.54) is 19.2 Å². The van der Waals surface area contributed by atoms with Gasteiger partial charge in [0.2, 0.25) is 0 Å². The third-order valence-corrected chi connectivity index (χ3v) is 3.86. The van der Waals surface area contributed by atoms with Crippen molar-refractivity contribution >= 4 is 26.2 Å². The van der Waals surface area contributed by atoms with Crippen LogP contribution in [0.2, 0.25) is 0 Å². The molecule has 0 fully saturated rings. The fraction of sp³-hybridized carbons (Fsp3) is 0.571. The Balaban J connectivity index is 2.83. The maximum absolute atomic E-state index is 11.1. The van der Waals surface area contributed by atoms with E-state index in [9.17, 15) is 21.6 Å². The van der Waals surface area contributed by atoms with E-state index in [1.54, 1.807) is 0 Å². The third kappa shape index (κ3) is 10.3. The van der Waals surface area contributed by atoms with Crippen LogP contribution in [0.1, 0.15) is 24.2 Å². The van der Waals surface area contributed by atoms with E-state index in [1.807, 2.05) is 0 Å². The Labute approximate surface area is 152 Å². The van der Waals surface area contributed by atoms with Crippen molar-refractivity contribution in [2.45, 2.75) is 26.1 Å². The highest BCUT2D eigenvalue weighted by molar-refractivity contribution is 7.86. The molecule has 0 spiro atoms. The number of ether oxygens (including phenoxy) is 2. The molecule has 0 aliphatic carbocycles. The SMILES string of the molecule is COC(=O)CCCOc1cc(COS(C)(=O)=O)nc(COS(C)(=O)=O)c1. The van der Waals surface area contributed by atoms with Crippen molar-refractivity contribution in [1.82, 2.24) is 4.98 Å². The zero-order valence-corrected chi connectivity index (χ0v) is 16.3. The van der Waals surface area contributed by atoms with Gasteiger partial charge in [-0.05, 0) is 6.42 Å². The lowest BCUT2D eigenvalue weighted by atomic mass is 10.3. The van der Waals surface area contributed by atoms with Crippen LogP contribution >= 0.6 is 0 Å². The molecule has 0 aliphatic heterocycles. The van der Waals surface area contributed by atoms with Crippen LogP contribution in [0.3, 0.4) is 0 Å². The molecule has 26 heavy (non-hydrogen) atoms. The van der Waals surface area contributed by atoms with Gasteiger partial charge in [-0.2, -0.15) is 16.8 Å². The summed E-state index contributed by atoms with van der Waals surface area (Å²) in [6, 6.07) is 2.90. The summed E-state index contributed by atoms with van der Waals surface area (Å²) >= 11 is 0. The number of pyridine rings is 1. The van der Waals surface area contributed by atoms with E-state index < -0.39 is 20.2 Å². The molecule has 1 aromatic heterocycles. The van der Waals surface area contributed by atoms with Crippen LogP contribution in [-0.2, 0) is 51.3 Å². The molecule has 0 amide bonds. The molecule has 10 nitrogen and oxygen atoms in total. The van der Waals surface area contributed by atoms with Gasteiger partial charge >= 0.3 is 5.97 Å². The normalized spacial score (nSPS) is 12.0. The highest BCUT2D eigenvalue weighted by atomic mass is 32.2. The van der Waals surface area contributed by atoms with Crippen molar-refractivity contribution in [2.75, 3.05) is 26.2 Å². The van der Waals surface area contributed by atoms with E-state index in [2.05, 4.69) is 18.1 Å². The van der Waals surface area contributed by atoms with Gasteiger partial charge in [-0.15, -0.1) is 0 Å². The van der Waals surface area contributed by atoms with Gasteiger partial charge in [0, 0.05) is 18.6 Å². The Morgan fingerprint density at radius 2 is 1.50 bits per heavy atom. The van der Waals surface area contributed by atoms with Crippen LogP contribution in [0, 0.1) is 0 Å². The molecular weight excluding hydrogens is 390 g/mol. The second-order valence-corrected chi connectivity index (χ2v) is 8.53. The molecule has 148 valence electrons. The molecule has 0 bridgehead atoms. The predicted molar refractivity (Wildman–Crippen MR) is 90.2 cm³/mol. The van der Waals surface area contributed by atoms with Crippen LogP contribution < -0.4 is 4.74 Å². The Morgan fingerprint density at radius 3 is 1.92 bits per heavy atom. The molecule has 0 atom stereocenters. The number of carbonyl (C=O) groups excluding carboxylic acids is 1. The van der Waals surface area contributed by atoms with Crippen molar-refractivity contribution in [1.29, 1.82) is 0 Å². The van der Waals surface area contributed by atoms with Gasteiger partial charge < -0.3 is 9.47 Å². The standard InChI is InChI=1S/C14H21NO9S2/c1-21-14(16)5-4-6-22-13-7-11(9-23-25(2,17)18)15-12(8-13)10-24-26(3,19)20/h7-8H,4-6,9-10H2,1-3H3. The summed E-state index contributed by atoms with van der Waals surface area (Å²) in [5, 5.41) is 0. The molecule has 1 aromatic rings. The van der Waals surface area contributed by atoms with E-state index in [-0.39, 0.29) is 43.6 Å². The van der Waals surface area contributed by atoms with Crippen molar-refractivity contribution in [3.8, 4) is 5.75 Å². The topological polar surface area (TPSA) is 135 Å². The van der Waals surface area contributed by atoms with Gasteiger partial charge in [0.25, 0.3) is 20.2 Å². The van der Waals surface area contributed by atoms with E-state index >= 15 is 0 Å². The largest absolute Gasteiger partial charge is 0.493 e. The zero-order chi connectivity index (χ0) is 19.8. The summed E-state index contributed by atoms with van der Waals surface area (Å²) in [6.45, 7) is -0.494. The lowest BCUT2D eigenvalue weighted by Crippen LogP contribution is -2.09. The molecule has 0 saturated heterocycles. The predicted octanol–water partition coefficient (Wildman–Crippen LogP) is 0.366. The Kier molecular flexibility index (Phi) is 8.40. The third-order valence-electron chi connectivity index (χ3n) is 2.77. The van der Waals surface area contributed by atoms with Crippen LogP contribution in [0.4, 0.5) is 0 Å². The van der Waals surface area contributed by atoms with Crippen molar-refractivity contribution in [3.63, 3.8) is 0 Å². The van der Waals surface area contributed by atoms with Crippen LogP contribution in [0.5, 0.6) is 5.75 Å². The number of rotatable bonds is 11.